The molecule has 0 spiro atoms. The molecule has 1 aromatic heterocycles. The lowest BCUT2D eigenvalue weighted by Crippen LogP contribution is -2.19. The molecule has 2 aromatic carbocycles. The van der Waals surface area contributed by atoms with Crippen LogP contribution in [0.4, 0.5) is 22.9 Å². The van der Waals surface area contributed by atoms with Gasteiger partial charge in [0.25, 0.3) is 11.6 Å². The summed E-state index contributed by atoms with van der Waals surface area (Å²) in [5, 5.41) is 24.3. The second-order valence-electron chi connectivity index (χ2n) is 7.13. The standard InChI is InChI=1S/C21H18N6O5/c22-20(28)19-17(11-18(25-26-19)24-21(29)12-7-8-12)23-13-3-1-5-15(9-13)32-16-6-2-4-14(10-16)27(30)31/h1-6,9-12H,7-8H2,(H2,22,28)(H2,23,24,25,29). The Hall–Kier alpha value is -4.54. The molecule has 0 atom stereocenters. The van der Waals surface area contributed by atoms with Crippen molar-refractivity contribution in [2.75, 3.05) is 10.6 Å². The molecule has 0 aliphatic heterocycles. The second kappa shape index (κ2) is 8.68. The van der Waals surface area contributed by atoms with Gasteiger partial charge in [-0.15, -0.1) is 10.2 Å². The van der Waals surface area contributed by atoms with Gasteiger partial charge in [0, 0.05) is 29.8 Å². The number of rotatable bonds is 8. The molecule has 32 heavy (non-hydrogen) atoms. The topological polar surface area (TPSA) is 162 Å². The number of benzene rings is 2. The summed E-state index contributed by atoms with van der Waals surface area (Å²) in [7, 11) is 0. The summed E-state index contributed by atoms with van der Waals surface area (Å²) in [4.78, 5) is 34.2. The Morgan fingerprint density at radius 2 is 1.78 bits per heavy atom. The first kappa shape index (κ1) is 20.7. The predicted octanol–water partition coefficient (Wildman–Crippen LogP) is 3.37. The predicted molar refractivity (Wildman–Crippen MR) is 115 cm³/mol. The highest BCUT2D eigenvalue weighted by molar-refractivity contribution is 5.98. The Bertz CT molecular complexity index is 1210. The van der Waals surface area contributed by atoms with Crippen LogP contribution in [0.2, 0.25) is 0 Å². The van der Waals surface area contributed by atoms with Crippen LogP contribution in [0.3, 0.4) is 0 Å². The molecule has 3 aromatic rings. The van der Waals surface area contributed by atoms with Gasteiger partial charge in [0.1, 0.15) is 11.5 Å². The quantitative estimate of drug-likeness (QED) is 0.359. The van der Waals surface area contributed by atoms with Crippen LogP contribution in [-0.2, 0) is 4.79 Å². The van der Waals surface area contributed by atoms with E-state index in [0.717, 1.165) is 12.8 Å². The molecule has 11 heteroatoms. The summed E-state index contributed by atoms with van der Waals surface area (Å²) in [5.41, 5.74) is 6.00. The van der Waals surface area contributed by atoms with Gasteiger partial charge in [0.2, 0.25) is 5.91 Å². The minimum Gasteiger partial charge on any atom is -0.457 e. The molecule has 0 unspecified atom stereocenters. The lowest BCUT2D eigenvalue weighted by Gasteiger charge is -2.12. The number of ether oxygens (including phenoxy) is 1. The minimum atomic E-state index is -0.788. The highest BCUT2D eigenvalue weighted by atomic mass is 16.6. The lowest BCUT2D eigenvalue weighted by atomic mass is 10.2. The van der Waals surface area contributed by atoms with Crippen LogP contribution in [0.15, 0.2) is 54.6 Å². The molecule has 1 aliphatic rings. The number of nitro benzene ring substituents is 1. The van der Waals surface area contributed by atoms with Crippen LogP contribution in [0.5, 0.6) is 11.5 Å². The van der Waals surface area contributed by atoms with Crippen molar-refractivity contribution in [2.24, 2.45) is 11.7 Å². The maximum Gasteiger partial charge on any atom is 0.273 e. The summed E-state index contributed by atoms with van der Waals surface area (Å²) in [6.45, 7) is 0. The van der Waals surface area contributed by atoms with Gasteiger partial charge in [0.05, 0.1) is 16.7 Å². The van der Waals surface area contributed by atoms with Crippen molar-refractivity contribution in [3.8, 4) is 11.5 Å². The number of carbonyl (C=O) groups excluding carboxylic acids is 2. The van der Waals surface area contributed by atoms with Crippen LogP contribution >= 0.6 is 0 Å². The number of amides is 2. The summed E-state index contributed by atoms with van der Waals surface area (Å²) in [6, 6.07) is 14.0. The van der Waals surface area contributed by atoms with Crippen molar-refractivity contribution >= 4 is 34.7 Å². The monoisotopic (exact) mass is 434 g/mol. The number of hydrogen-bond acceptors (Lipinski definition) is 8. The third-order valence-corrected chi connectivity index (χ3v) is 4.60. The average molecular weight is 434 g/mol. The smallest absolute Gasteiger partial charge is 0.273 e. The van der Waals surface area contributed by atoms with E-state index in [2.05, 4.69) is 20.8 Å². The zero-order chi connectivity index (χ0) is 22.7. The second-order valence-corrected chi connectivity index (χ2v) is 7.13. The Morgan fingerprint density at radius 3 is 2.47 bits per heavy atom. The summed E-state index contributed by atoms with van der Waals surface area (Å²) >= 11 is 0. The van der Waals surface area contributed by atoms with E-state index in [4.69, 9.17) is 10.5 Å². The van der Waals surface area contributed by atoms with Crippen molar-refractivity contribution in [2.45, 2.75) is 12.8 Å². The molecule has 0 bridgehead atoms. The number of aromatic nitrogens is 2. The molecule has 162 valence electrons. The van der Waals surface area contributed by atoms with Crippen molar-refractivity contribution < 1.29 is 19.2 Å². The van der Waals surface area contributed by atoms with Gasteiger partial charge in [-0.05, 0) is 31.0 Å². The third-order valence-electron chi connectivity index (χ3n) is 4.60. The SMILES string of the molecule is NC(=O)c1nnc(NC(=O)C2CC2)cc1Nc1cccc(Oc2cccc([N+](=O)[O-])c2)c1. The van der Waals surface area contributed by atoms with Crippen molar-refractivity contribution in [3.63, 3.8) is 0 Å². The van der Waals surface area contributed by atoms with Crippen LogP contribution < -0.4 is 21.1 Å². The lowest BCUT2D eigenvalue weighted by molar-refractivity contribution is -0.384. The van der Waals surface area contributed by atoms with Gasteiger partial charge in [-0.25, -0.2) is 0 Å². The minimum absolute atomic E-state index is 0.0216. The first-order chi connectivity index (χ1) is 15.4. The van der Waals surface area contributed by atoms with Crippen molar-refractivity contribution in [1.82, 2.24) is 10.2 Å². The number of nitrogens with one attached hydrogen (secondary N) is 2. The van der Waals surface area contributed by atoms with Crippen LogP contribution in [-0.4, -0.2) is 26.9 Å². The van der Waals surface area contributed by atoms with Gasteiger partial charge in [-0.3, -0.25) is 19.7 Å². The van der Waals surface area contributed by atoms with Crippen LogP contribution in [0.25, 0.3) is 0 Å². The first-order valence-electron chi connectivity index (χ1n) is 9.67. The van der Waals surface area contributed by atoms with E-state index in [-0.39, 0.29) is 34.7 Å². The summed E-state index contributed by atoms with van der Waals surface area (Å²) in [6.07, 6.45) is 1.67. The molecule has 1 aliphatic carbocycles. The van der Waals surface area contributed by atoms with E-state index < -0.39 is 10.8 Å². The molecule has 11 nitrogen and oxygen atoms in total. The summed E-state index contributed by atoms with van der Waals surface area (Å²) < 4.78 is 5.71. The van der Waals surface area contributed by atoms with E-state index in [1.54, 1.807) is 30.3 Å². The van der Waals surface area contributed by atoms with Crippen molar-refractivity contribution in [1.29, 1.82) is 0 Å². The molecule has 1 saturated carbocycles. The number of non-ortho nitro benzene ring substituents is 1. The zero-order valence-corrected chi connectivity index (χ0v) is 16.6. The largest absolute Gasteiger partial charge is 0.457 e. The van der Waals surface area contributed by atoms with Gasteiger partial charge in [-0.2, -0.15) is 0 Å². The van der Waals surface area contributed by atoms with E-state index in [1.165, 1.54) is 24.3 Å². The van der Waals surface area contributed by atoms with E-state index in [1.807, 2.05) is 0 Å². The number of nitro groups is 1. The Kier molecular flexibility index (Phi) is 5.62. The van der Waals surface area contributed by atoms with E-state index in [0.29, 0.717) is 17.2 Å². The Morgan fingerprint density at radius 1 is 1.06 bits per heavy atom. The highest BCUT2D eigenvalue weighted by Crippen LogP contribution is 2.31. The van der Waals surface area contributed by atoms with Gasteiger partial charge in [0.15, 0.2) is 11.5 Å². The molecule has 2 amide bonds. The fourth-order valence-corrected chi connectivity index (χ4v) is 2.89. The molecule has 0 saturated heterocycles. The molecular weight excluding hydrogens is 416 g/mol. The van der Waals surface area contributed by atoms with Gasteiger partial charge >= 0.3 is 0 Å². The average Bonchev–Trinajstić information content (AvgIpc) is 3.60. The highest BCUT2D eigenvalue weighted by Gasteiger charge is 2.30. The number of primary amides is 1. The van der Waals surface area contributed by atoms with Crippen LogP contribution in [0, 0.1) is 16.0 Å². The Labute approximate surface area is 181 Å². The maximum atomic E-state index is 12.0. The fraction of sp³-hybridized carbons (Fsp3) is 0.143. The number of anilines is 3. The number of nitrogens with zero attached hydrogens (tertiary/aromatic N) is 3. The molecular formula is C21H18N6O5. The molecule has 1 heterocycles. The van der Waals surface area contributed by atoms with Crippen molar-refractivity contribution in [3.05, 3.63) is 70.4 Å². The zero-order valence-electron chi connectivity index (χ0n) is 16.6. The maximum absolute atomic E-state index is 12.0. The Balaban J connectivity index is 1.55. The summed E-state index contributed by atoms with van der Waals surface area (Å²) in [5.74, 6) is -0.0659. The van der Waals surface area contributed by atoms with E-state index in [9.17, 15) is 19.7 Å². The molecule has 1 fully saturated rings. The molecule has 0 radical (unpaired) electrons. The first-order valence-corrected chi connectivity index (χ1v) is 9.67. The van der Waals surface area contributed by atoms with Crippen LogP contribution in [0.1, 0.15) is 23.3 Å². The van der Waals surface area contributed by atoms with E-state index >= 15 is 0 Å². The normalized spacial score (nSPS) is 12.6. The number of hydrogen-bond donors (Lipinski definition) is 3. The molecule has 4 rings (SSSR count). The van der Waals surface area contributed by atoms with Gasteiger partial charge in [-0.1, -0.05) is 12.1 Å². The fourth-order valence-electron chi connectivity index (χ4n) is 2.89. The number of carbonyl (C=O) groups is 2. The number of nitrogens with two attached hydrogens (primary N) is 1. The molecule has 4 N–H and O–H groups in total. The third kappa shape index (κ3) is 4.95. The van der Waals surface area contributed by atoms with Gasteiger partial charge < -0.3 is 21.1 Å².